The normalized spacial score (nSPS) is 16.3. The van der Waals surface area contributed by atoms with E-state index >= 15 is 0 Å². The number of aliphatic carboxylic acids is 1. The van der Waals surface area contributed by atoms with E-state index in [1.165, 1.54) is 0 Å². The number of hydrogen-bond donors (Lipinski definition) is 1. The molecular weight excluding hydrogens is 258 g/mol. The molecule has 1 aliphatic rings. The Labute approximate surface area is 115 Å². The van der Waals surface area contributed by atoms with Gasteiger partial charge in [-0.1, -0.05) is 0 Å². The Morgan fingerprint density at radius 3 is 2.45 bits per heavy atom. The molecule has 0 unspecified atom stereocenters. The number of piperidine rings is 1. The van der Waals surface area contributed by atoms with Crippen LogP contribution in [0.25, 0.3) is 5.82 Å². The van der Waals surface area contributed by atoms with E-state index in [1.54, 1.807) is 10.9 Å². The van der Waals surface area contributed by atoms with Gasteiger partial charge >= 0.3 is 5.97 Å². The molecule has 0 saturated carbocycles. The molecule has 1 saturated heterocycles. The van der Waals surface area contributed by atoms with E-state index in [9.17, 15) is 4.79 Å². The van der Waals surface area contributed by atoms with Crippen LogP contribution in [0.15, 0.2) is 30.6 Å². The summed E-state index contributed by atoms with van der Waals surface area (Å²) in [5.41, 5.74) is 0. The molecule has 0 radical (unpaired) electrons. The van der Waals surface area contributed by atoms with E-state index in [-0.39, 0.29) is 5.92 Å². The van der Waals surface area contributed by atoms with Crippen molar-refractivity contribution in [3.63, 3.8) is 0 Å². The lowest BCUT2D eigenvalue weighted by atomic mass is 9.97. The van der Waals surface area contributed by atoms with Crippen LogP contribution in [0, 0.1) is 5.92 Å². The van der Waals surface area contributed by atoms with E-state index in [0.29, 0.717) is 31.7 Å². The largest absolute Gasteiger partial charge is 0.481 e. The molecule has 0 spiro atoms. The summed E-state index contributed by atoms with van der Waals surface area (Å²) < 4.78 is 1.65. The Morgan fingerprint density at radius 2 is 1.90 bits per heavy atom. The minimum absolute atomic E-state index is 0.234. The maximum Gasteiger partial charge on any atom is 0.306 e. The summed E-state index contributed by atoms with van der Waals surface area (Å²) in [5.74, 6) is 0.510. The highest BCUT2D eigenvalue weighted by atomic mass is 16.4. The van der Waals surface area contributed by atoms with Gasteiger partial charge in [-0.3, -0.25) is 4.79 Å². The Morgan fingerprint density at radius 1 is 1.20 bits per heavy atom. The lowest BCUT2D eigenvalue weighted by Crippen LogP contribution is -2.36. The molecule has 2 aromatic rings. The van der Waals surface area contributed by atoms with Crippen molar-refractivity contribution in [2.75, 3.05) is 18.0 Å². The number of carboxylic acids is 1. The monoisotopic (exact) mass is 273 g/mol. The van der Waals surface area contributed by atoms with Crippen LogP contribution >= 0.6 is 0 Å². The fourth-order valence-electron chi connectivity index (χ4n) is 2.37. The fraction of sp³-hybridized carbons (Fsp3) is 0.385. The van der Waals surface area contributed by atoms with Gasteiger partial charge in [0.1, 0.15) is 0 Å². The zero-order valence-electron chi connectivity index (χ0n) is 10.9. The molecule has 0 aliphatic carbocycles. The standard InChI is InChI=1S/C13H15N5O2/c19-13(20)10-4-8-17(9-5-10)11-2-3-12(16-15-11)18-7-1-6-14-18/h1-3,6-7,10H,4-5,8-9H2,(H,19,20). The molecular formula is C13H15N5O2. The molecule has 20 heavy (non-hydrogen) atoms. The van der Waals surface area contributed by atoms with Crippen LogP contribution in [0.1, 0.15) is 12.8 Å². The quantitative estimate of drug-likeness (QED) is 0.896. The van der Waals surface area contributed by atoms with Gasteiger partial charge in [0.15, 0.2) is 11.6 Å². The summed E-state index contributed by atoms with van der Waals surface area (Å²) in [7, 11) is 0. The topological polar surface area (TPSA) is 84.1 Å². The van der Waals surface area contributed by atoms with Gasteiger partial charge in [0.05, 0.1) is 5.92 Å². The molecule has 2 aromatic heterocycles. The summed E-state index contributed by atoms with van der Waals surface area (Å²) in [6.45, 7) is 1.40. The molecule has 0 amide bonds. The van der Waals surface area contributed by atoms with Crippen molar-refractivity contribution in [2.24, 2.45) is 5.92 Å². The maximum atomic E-state index is 10.9. The van der Waals surface area contributed by atoms with Gasteiger partial charge < -0.3 is 10.0 Å². The first kappa shape index (κ1) is 12.6. The van der Waals surface area contributed by atoms with Crippen molar-refractivity contribution in [1.82, 2.24) is 20.0 Å². The van der Waals surface area contributed by atoms with E-state index in [0.717, 1.165) is 5.82 Å². The smallest absolute Gasteiger partial charge is 0.306 e. The molecule has 0 atom stereocenters. The van der Waals surface area contributed by atoms with Crippen LogP contribution < -0.4 is 4.90 Å². The Kier molecular flexibility index (Phi) is 3.32. The molecule has 104 valence electrons. The Hall–Kier alpha value is -2.44. The number of rotatable bonds is 3. The van der Waals surface area contributed by atoms with Gasteiger partial charge in [0.2, 0.25) is 0 Å². The van der Waals surface area contributed by atoms with E-state index < -0.39 is 5.97 Å². The van der Waals surface area contributed by atoms with Crippen LogP contribution in [0.5, 0.6) is 0 Å². The number of nitrogens with zero attached hydrogens (tertiary/aromatic N) is 5. The first-order valence-corrected chi connectivity index (χ1v) is 6.55. The van der Waals surface area contributed by atoms with Crippen LogP contribution in [0.4, 0.5) is 5.82 Å². The Bertz CT molecular complexity index is 573. The molecule has 7 nitrogen and oxygen atoms in total. The second-order valence-electron chi connectivity index (χ2n) is 4.80. The van der Waals surface area contributed by atoms with Gasteiger partial charge in [-0.2, -0.15) is 5.10 Å². The molecule has 7 heteroatoms. The van der Waals surface area contributed by atoms with Gasteiger partial charge in [-0.25, -0.2) is 4.68 Å². The van der Waals surface area contributed by atoms with Crippen molar-refractivity contribution in [3.8, 4) is 5.82 Å². The van der Waals surface area contributed by atoms with E-state index in [2.05, 4.69) is 20.2 Å². The van der Waals surface area contributed by atoms with E-state index in [4.69, 9.17) is 5.11 Å². The third-order valence-electron chi connectivity index (χ3n) is 3.54. The number of carboxylic acid groups (broad SMARTS) is 1. The lowest BCUT2D eigenvalue weighted by Gasteiger charge is -2.30. The highest BCUT2D eigenvalue weighted by Crippen LogP contribution is 2.21. The predicted molar refractivity (Wildman–Crippen MR) is 71.7 cm³/mol. The molecule has 0 aromatic carbocycles. The third kappa shape index (κ3) is 2.47. The summed E-state index contributed by atoms with van der Waals surface area (Å²) in [6.07, 6.45) is 4.80. The molecule has 3 rings (SSSR count). The second kappa shape index (κ2) is 5.28. The van der Waals surface area contributed by atoms with Gasteiger partial charge in [-0.15, -0.1) is 10.2 Å². The number of anilines is 1. The van der Waals surface area contributed by atoms with Crippen molar-refractivity contribution < 1.29 is 9.90 Å². The second-order valence-corrected chi connectivity index (χ2v) is 4.80. The average molecular weight is 273 g/mol. The zero-order chi connectivity index (χ0) is 13.9. The maximum absolute atomic E-state index is 10.9. The minimum atomic E-state index is -0.704. The number of aromatic nitrogens is 4. The van der Waals surface area contributed by atoms with Crippen molar-refractivity contribution in [1.29, 1.82) is 0 Å². The van der Waals surface area contributed by atoms with Crippen LogP contribution in [0.2, 0.25) is 0 Å². The minimum Gasteiger partial charge on any atom is -0.481 e. The van der Waals surface area contributed by atoms with Gasteiger partial charge in [0.25, 0.3) is 0 Å². The summed E-state index contributed by atoms with van der Waals surface area (Å²) in [5, 5.41) is 21.4. The average Bonchev–Trinajstić information content (AvgIpc) is 3.02. The van der Waals surface area contributed by atoms with Crippen LogP contribution in [0.3, 0.4) is 0 Å². The number of hydrogen-bond acceptors (Lipinski definition) is 5. The zero-order valence-corrected chi connectivity index (χ0v) is 10.9. The molecule has 0 bridgehead atoms. The Balaban J connectivity index is 1.68. The van der Waals surface area contributed by atoms with Gasteiger partial charge in [0, 0.05) is 25.5 Å². The van der Waals surface area contributed by atoms with Crippen LogP contribution in [-0.2, 0) is 4.79 Å². The number of carbonyl (C=O) groups is 1. The SMILES string of the molecule is O=C(O)C1CCN(c2ccc(-n3cccn3)nn2)CC1. The molecule has 1 aliphatic heterocycles. The lowest BCUT2D eigenvalue weighted by molar-refractivity contribution is -0.142. The highest BCUT2D eigenvalue weighted by Gasteiger charge is 2.25. The first-order valence-electron chi connectivity index (χ1n) is 6.55. The highest BCUT2D eigenvalue weighted by molar-refractivity contribution is 5.70. The van der Waals surface area contributed by atoms with E-state index in [1.807, 2.05) is 24.4 Å². The van der Waals surface area contributed by atoms with Crippen molar-refractivity contribution in [2.45, 2.75) is 12.8 Å². The van der Waals surface area contributed by atoms with Crippen molar-refractivity contribution >= 4 is 11.8 Å². The third-order valence-corrected chi connectivity index (χ3v) is 3.54. The predicted octanol–water partition coefficient (Wildman–Crippen LogP) is 0.963. The summed E-state index contributed by atoms with van der Waals surface area (Å²) in [6, 6.07) is 5.58. The molecule has 1 N–H and O–H groups in total. The fourth-order valence-corrected chi connectivity index (χ4v) is 2.37. The van der Waals surface area contributed by atoms with Crippen LogP contribution in [-0.4, -0.2) is 44.1 Å². The first-order chi connectivity index (χ1) is 9.74. The molecule has 1 fully saturated rings. The summed E-state index contributed by atoms with van der Waals surface area (Å²) in [4.78, 5) is 13.0. The summed E-state index contributed by atoms with van der Waals surface area (Å²) >= 11 is 0. The van der Waals surface area contributed by atoms with Crippen molar-refractivity contribution in [3.05, 3.63) is 30.6 Å². The van der Waals surface area contributed by atoms with Gasteiger partial charge in [-0.05, 0) is 31.0 Å². The molecule has 3 heterocycles.